The number of ether oxygens (including phenoxy) is 1. The van der Waals surface area contributed by atoms with E-state index < -0.39 is 31.8 Å². The standard InChI is InChI=1S/C20H24F3N3O2SSi/c1-30(2,3)7-6-28-11-26-10-12(9-24-26)17-16(21)15-13-8-20(22,23)5-4-14(13)25-19(27)18(15)29-17/h9-10H,4-8,11H2,1-3H3,(H,25,27). The Morgan fingerprint density at radius 1 is 1.37 bits per heavy atom. The monoisotopic (exact) mass is 455 g/mol. The summed E-state index contributed by atoms with van der Waals surface area (Å²) in [5.41, 5.74) is 0.681. The van der Waals surface area contributed by atoms with Crippen molar-refractivity contribution < 1.29 is 17.9 Å². The SMILES string of the molecule is C[Si](C)(C)CCOCn1cc(-c2sc3c(=O)[nH]c4c(c3c2F)CC(F)(F)CC4)cn1. The number of aromatic amines is 1. The van der Waals surface area contributed by atoms with Gasteiger partial charge in [-0.1, -0.05) is 19.6 Å². The third-order valence-electron chi connectivity index (χ3n) is 5.28. The van der Waals surface area contributed by atoms with Crippen molar-refractivity contribution in [3.05, 3.63) is 39.8 Å². The van der Waals surface area contributed by atoms with E-state index in [9.17, 15) is 13.6 Å². The largest absolute Gasteiger partial charge is 0.360 e. The number of nitrogens with one attached hydrogen (secondary N) is 1. The number of thiophene rings is 1. The van der Waals surface area contributed by atoms with Crippen LogP contribution in [-0.4, -0.2) is 35.4 Å². The molecule has 0 atom stereocenters. The molecule has 0 spiro atoms. The average molecular weight is 456 g/mol. The molecule has 5 nitrogen and oxygen atoms in total. The van der Waals surface area contributed by atoms with E-state index in [1.807, 2.05) is 0 Å². The van der Waals surface area contributed by atoms with Crippen molar-refractivity contribution >= 4 is 29.5 Å². The van der Waals surface area contributed by atoms with Crippen molar-refractivity contribution in [1.29, 1.82) is 0 Å². The lowest BCUT2D eigenvalue weighted by molar-refractivity contribution is -0.0124. The number of H-pyrrole nitrogens is 1. The topological polar surface area (TPSA) is 59.9 Å². The number of rotatable bonds is 6. The number of pyridine rings is 1. The van der Waals surface area contributed by atoms with Crippen LogP contribution >= 0.6 is 11.3 Å². The lowest BCUT2D eigenvalue weighted by atomic mass is 9.90. The van der Waals surface area contributed by atoms with Crippen molar-refractivity contribution in [2.75, 3.05) is 6.61 Å². The Balaban J connectivity index is 1.63. The van der Waals surface area contributed by atoms with Gasteiger partial charge >= 0.3 is 0 Å². The van der Waals surface area contributed by atoms with Crippen molar-refractivity contribution in [2.24, 2.45) is 0 Å². The lowest BCUT2D eigenvalue weighted by Gasteiger charge is -2.24. The molecular weight excluding hydrogens is 431 g/mol. The van der Waals surface area contributed by atoms with Gasteiger partial charge in [-0.15, -0.1) is 11.3 Å². The number of aromatic nitrogens is 3. The Hall–Kier alpha value is -1.91. The van der Waals surface area contributed by atoms with Gasteiger partial charge in [-0.25, -0.2) is 17.9 Å². The van der Waals surface area contributed by atoms with E-state index in [1.165, 1.54) is 6.20 Å². The Morgan fingerprint density at radius 2 is 2.13 bits per heavy atom. The first-order valence-corrected chi connectivity index (χ1v) is 14.4. The van der Waals surface area contributed by atoms with Crippen LogP contribution in [-0.2, 0) is 24.3 Å². The summed E-state index contributed by atoms with van der Waals surface area (Å²) >= 11 is 0.969. The zero-order valence-electron chi connectivity index (χ0n) is 17.2. The summed E-state index contributed by atoms with van der Waals surface area (Å²) < 4.78 is 50.6. The Labute approximate surface area is 176 Å². The first-order valence-electron chi connectivity index (χ1n) is 9.88. The van der Waals surface area contributed by atoms with Crippen LogP contribution in [0.25, 0.3) is 20.5 Å². The Kier molecular flexibility index (Phi) is 5.44. The minimum Gasteiger partial charge on any atom is -0.360 e. The highest BCUT2D eigenvalue weighted by Gasteiger charge is 2.37. The predicted octanol–water partition coefficient (Wildman–Crippen LogP) is 5.03. The minimum absolute atomic E-state index is 0.0206. The van der Waals surface area contributed by atoms with E-state index in [-0.39, 0.29) is 40.1 Å². The minimum atomic E-state index is -2.90. The van der Waals surface area contributed by atoms with Crippen LogP contribution in [0.5, 0.6) is 0 Å². The van der Waals surface area contributed by atoms with Gasteiger partial charge in [0.1, 0.15) is 17.2 Å². The van der Waals surface area contributed by atoms with E-state index in [2.05, 4.69) is 29.7 Å². The number of alkyl halides is 2. The van der Waals surface area contributed by atoms with E-state index in [0.717, 1.165) is 17.4 Å². The molecule has 0 aromatic carbocycles. The highest BCUT2D eigenvalue weighted by Crippen LogP contribution is 2.41. The van der Waals surface area contributed by atoms with E-state index in [0.29, 0.717) is 17.9 Å². The maximum atomic E-state index is 15.3. The zero-order chi connectivity index (χ0) is 21.7. The number of aryl methyl sites for hydroxylation is 1. The zero-order valence-corrected chi connectivity index (χ0v) is 19.0. The van der Waals surface area contributed by atoms with Crippen LogP contribution in [0.15, 0.2) is 17.2 Å². The molecule has 30 heavy (non-hydrogen) atoms. The molecule has 3 aromatic heterocycles. The van der Waals surface area contributed by atoms with E-state index in [4.69, 9.17) is 4.74 Å². The molecule has 0 amide bonds. The smallest absolute Gasteiger partial charge is 0.266 e. The summed E-state index contributed by atoms with van der Waals surface area (Å²) in [5, 5.41) is 4.23. The Morgan fingerprint density at radius 3 is 2.87 bits per heavy atom. The summed E-state index contributed by atoms with van der Waals surface area (Å²) in [4.78, 5) is 15.3. The third-order valence-corrected chi connectivity index (χ3v) is 8.20. The normalized spacial score (nSPS) is 16.2. The molecule has 0 radical (unpaired) electrons. The summed E-state index contributed by atoms with van der Waals surface area (Å²) in [5.74, 6) is -3.53. The van der Waals surface area contributed by atoms with Gasteiger partial charge in [-0.2, -0.15) is 5.10 Å². The highest BCUT2D eigenvalue weighted by molar-refractivity contribution is 7.22. The van der Waals surface area contributed by atoms with Gasteiger partial charge in [0.2, 0.25) is 0 Å². The fraction of sp³-hybridized carbons (Fsp3) is 0.500. The molecule has 1 aliphatic rings. The number of hydrogen-bond acceptors (Lipinski definition) is 4. The molecule has 162 valence electrons. The molecule has 0 unspecified atom stereocenters. The van der Waals surface area contributed by atoms with Crippen molar-refractivity contribution in [1.82, 2.24) is 14.8 Å². The van der Waals surface area contributed by atoms with Crippen LogP contribution < -0.4 is 5.56 Å². The van der Waals surface area contributed by atoms with Gasteiger partial charge in [-0.3, -0.25) is 4.79 Å². The molecule has 3 aromatic rings. The number of hydrogen-bond donors (Lipinski definition) is 1. The number of halogens is 3. The van der Waals surface area contributed by atoms with Gasteiger partial charge in [0.25, 0.3) is 11.5 Å². The quantitative estimate of drug-likeness (QED) is 0.419. The average Bonchev–Trinajstić information content (AvgIpc) is 3.23. The summed E-state index contributed by atoms with van der Waals surface area (Å²) in [6.45, 7) is 7.69. The maximum Gasteiger partial charge on any atom is 0.266 e. The third kappa shape index (κ3) is 4.26. The second-order valence-electron chi connectivity index (χ2n) is 9.01. The predicted molar refractivity (Wildman–Crippen MR) is 115 cm³/mol. The van der Waals surface area contributed by atoms with E-state index in [1.54, 1.807) is 10.9 Å². The molecule has 10 heteroatoms. The van der Waals surface area contributed by atoms with Gasteiger partial charge in [0.05, 0.1) is 11.1 Å². The van der Waals surface area contributed by atoms with Crippen molar-refractivity contribution in [3.8, 4) is 10.4 Å². The molecular formula is C20H24F3N3O2SSi. The van der Waals surface area contributed by atoms with Crippen molar-refractivity contribution in [2.45, 2.75) is 57.6 Å². The number of nitrogens with zero attached hydrogens (tertiary/aromatic N) is 2. The molecule has 0 saturated heterocycles. The molecule has 0 fully saturated rings. The Bertz CT molecular complexity index is 1150. The van der Waals surface area contributed by atoms with Crippen LogP contribution in [0.3, 0.4) is 0 Å². The number of fused-ring (bicyclic) bond motifs is 3. The molecule has 0 bridgehead atoms. The van der Waals surface area contributed by atoms with Gasteiger partial charge < -0.3 is 9.72 Å². The summed E-state index contributed by atoms with van der Waals surface area (Å²) in [6, 6.07) is 1.03. The lowest BCUT2D eigenvalue weighted by Crippen LogP contribution is -2.28. The van der Waals surface area contributed by atoms with Crippen LogP contribution in [0, 0.1) is 5.82 Å². The van der Waals surface area contributed by atoms with Crippen LogP contribution in [0.1, 0.15) is 17.7 Å². The van der Waals surface area contributed by atoms with Gasteiger partial charge in [0.15, 0.2) is 0 Å². The van der Waals surface area contributed by atoms with Crippen LogP contribution in [0.2, 0.25) is 25.7 Å². The molecule has 1 aliphatic carbocycles. The molecule has 3 heterocycles. The molecule has 4 rings (SSSR count). The molecule has 0 saturated carbocycles. The highest BCUT2D eigenvalue weighted by atomic mass is 32.1. The first-order chi connectivity index (χ1) is 14.0. The summed E-state index contributed by atoms with van der Waals surface area (Å²) in [6.07, 6.45) is 2.28. The fourth-order valence-electron chi connectivity index (χ4n) is 3.60. The molecule has 1 N–H and O–H groups in total. The van der Waals surface area contributed by atoms with Gasteiger partial charge in [-0.05, 0) is 18.0 Å². The van der Waals surface area contributed by atoms with Crippen LogP contribution in [0.4, 0.5) is 13.2 Å². The van der Waals surface area contributed by atoms with E-state index >= 15 is 4.39 Å². The van der Waals surface area contributed by atoms with Crippen molar-refractivity contribution in [3.63, 3.8) is 0 Å². The maximum absolute atomic E-state index is 15.3. The summed E-state index contributed by atoms with van der Waals surface area (Å²) in [7, 11) is -1.19. The first kappa shape index (κ1) is 21.3. The fourth-order valence-corrected chi connectivity index (χ4v) is 5.43. The molecule has 0 aliphatic heterocycles. The second-order valence-corrected chi connectivity index (χ2v) is 15.7. The van der Waals surface area contributed by atoms with Gasteiger partial charge in [0, 0.05) is 50.4 Å². The second kappa shape index (κ2) is 7.65.